The second-order valence-electron chi connectivity index (χ2n) is 4.49. The fourth-order valence-electron chi connectivity index (χ4n) is 1.88. The van der Waals surface area contributed by atoms with Crippen LogP contribution in [-0.4, -0.2) is 6.54 Å². The third-order valence-corrected chi connectivity index (χ3v) is 2.81. The molecule has 20 heavy (non-hydrogen) atoms. The van der Waals surface area contributed by atoms with Gasteiger partial charge in [-0.25, -0.2) is 8.78 Å². The lowest BCUT2D eigenvalue weighted by atomic mass is 10.2. The Hall–Kier alpha value is -1.94. The van der Waals surface area contributed by atoms with E-state index in [2.05, 4.69) is 5.32 Å². The molecular weight excluding hydrogens is 260 g/mol. The van der Waals surface area contributed by atoms with E-state index in [-0.39, 0.29) is 6.61 Å². The first kappa shape index (κ1) is 14.5. The Balaban J connectivity index is 1.99. The number of hydrogen-bond acceptors (Lipinski definition) is 2. The van der Waals surface area contributed by atoms with E-state index in [0.29, 0.717) is 11.3 Å². The maximum absolute atomic E-state index is 13.1. The van der Waals surface area contributed by atoms with Crippen LogP contribution in [0.2, 0.25) is 0 Å². The Morgan fingerprint density at radius 3 is 2.45 bits per heavy atom. The largest absolute Gasteiger partial charge is 0.489 e. The molecule has 2 aromatic rings. The number of hydrogen-bond donors (Lipinski definition) is 1. The number of halogens is 2. The molecular formula is C16H17F2NO. The molecule has 0 spiro atoms. The highest BCUT2D eigenvalue weighted by Crippen LogP contribution is 2.16. The molecule has 0 aliphatic rings. The average Bonchev–Trinajstić information content (AvgIpc) is 2.42. The molecule has 2 nitrogen and oxygen atoms in total. The third-order valence-electron chi connectivity index (χ3n) is 2.81. The fourth-order valence-corrected chi connectivity index (χ4v) is 1.88. The van der Waals surface area contributed by atoms with Gasteiger partial charge in [0.1, 0.15) is 24.0 Å². The zero-order valence-electron chi connectivity index (χ0n) is 11.3. The molecule has 0 radical (unpaired) electrons. The Kier molecular flexibility index (Phi) is 5.07. The van der Waals surface area contributed by atoms with Crippen molar-refractivity contribution in [1.29, 1.82) is 0 Å². The molecule has 0 fully saturated rings. The Morgan fingerprint density at radius 2 is 1.75 bits per heavy atom. The first-order chi connectivity index (χ1) is 9.67. The Morgan fingerprint density at radius 1 is 1.00 bits per heavy atom. The van der Waals surface area contributed by atoms with Gasteiger partial charge in [0, 0.05) is 12.6 Å². The second kappa shape index (κ2) is 7.01. The van der Waals surface area contributed by atoms with E-state index in [1.165, 1.54) is 12.1 Å². The smallest absolute Gasteiger partial charge is 0.126 e. The molecule has 0 aromatic heterocycles. The van der Waals surface area contributed by atoms with E-state index in [1.807, 2.05) is 31.2 Å². The predicted molar refractivity (Wildman–Crippen MR) is 74.5 cm³/mol. The van der Waals surface area contributed by atoms with Crippen LogP contribution in [-0.2, 0) is 13.2 Å². The first-order valence-electron chi connectivity index (χ1n) is 6.55. The molecule has 0 heterocycles. The highest BCUT2D eigenvalue weighted by molar-refractivity contribution is 5.29. The second-order valence-corrected chi connectivity index (χ2v) is 4.49. The van der Waals surface area contributed by atoms with Crippen LogP contribution in [0.5, 0.6) is 5.75 Å². The minimum absolute atomic E-state index is 0.138. The molecule has 0 saturated carbocycles. The molecule has 0 atom stereocenters. The highest BCUT2D eigenvalue weighted by Gasteiger charge is 2.02. The Bertz CT molecular complexity index is 552. The summed E-state index contributed by atoms with van der Waals surface area (Å²) in [5.41, 5.74) is 1.58. The third kappa shape index (κ3) is 4.31. The average molecular weight is 277 g/mol. The minimum Gasteiger partial charge on any atom is -0.489 e. The van der Waals surface area contributed by atoms with Crippen molar-refractivity contribution in [2.24, 2.45) is 0 Å². The van der Waals surface area contributed by atoms with E-state index >= 15 is 0 Å². The topological polar surface area (TPSA) is 21.3 Å². The van der Waals surface area contributed by atoms with Crippen LogP contribution < -0.4 is 10.1 Å². The minimum atomic E-state index is -0.593. The molecule has 4 heteroatoms. The van der Waals surface area contributed by atoms with E-state index in [4.69, 9.17) is 4.74 Å². The predicted octanol–water partition coefficient (Wildman–Crippen LogP) is 3.65. The number of benzene rings is 2. The summed E-state index contributed by atoms with van der Waals surface area (Å²) < 4.78 is 31.7. The summed E-state index contributed by atoms with van der Waals surface area (Å²) in [7, 11) is 0. The summed E-state index contributed by atoms with van der Waals surface area (Å²) >= 11 is 0. The van der Waals surface area contributed by atoms with Gasteiger partial charge in [-0.2, -0.15) is 0 Å². The van der Waals surface area contributed by atoms with Gasteiger partial charge in [-0.05, 0) is 41.9 Å². The summed E-state index contributed by atoms with van der Waals surface area (Å²) in [5, 5.41) is 3.23. The maximum Gasteiger partial charge on any atom is 0.126 e. The van der Waals surface area contributed by atoms with Gasteiger partial charge in [-0.15, -0.1) is 0 Å². The number of rotatable bonds is 6. The summed E-state index contributed by atoms with van der Waals surface area (Å²) in [6.45, 7) is 3.84. The van der Waals surface area contributed by atoms with E-state index in [0.717, 1.165) is 24.7 Å². The van der Waals surface area contributed by atoms with Crippen molar-refractivity contribution in [2.75, 3.05) is 6.54 Å². The van der Waals surface area contributed by atoms with Crippen molar-refractivity contribution >= 4 is 0 Å². The van der Waals surface area contributed by atoms with Crippen molar-refractivity contribution in [3.05, 3.63) is 65.2 Å². The van der Waals surface area contributed by atoms with Crippen LogP contribution in [0.25, 0.3) is 0 Å². The van der Waals surface area contributed by atoms with Crippen LogP contribution in [0.4, 0.5) is 8.78 Å². The lowest BCUT2D eigenvalue weighted by Crippen LogP contribution is -2.11. The molecule has 0 saturated heterocycles. The van der Waals surface area contributed by atoms with E-state index in [1.54, 1.807) is 0 Å². The number of ether oxygens (including phenoxy) is 1. The molecule has 0 amide bonds. The quantitative estimate of drug-likeness (QED) is 0.870. The van der Waals surface area contributed by atoms with Gasteiger partial charge in [0.15, 0.2) is 0 Å². The molecule has 2 aromatic carbocycles. The monoisotopic (exact) mass is 277 g/mol. The molecule has 1 N–H and O–H groups in total. The summed E-state index contributed by atoms with van der Waals surface area (Å²) in [6, 6.07) is 11.0. The molecule has 0 aliphatic carbocycles. The summed E-state index contributed by atoms with van der Waals surface area (Å²) in [4.78, 5) is 0. The van der Waals surface area contributed by atoms with E-state index in [9.17, 15) is 8.78 Å². The normalized spacial score (nSPS) is 10.6. The SMILES string of the molecule is CCNCc1cccc(OCc2cc(F)cc(F)c2)c1. The van der Waals surface area contributed by atoms with Crippen molar-refractivity contribution in [3.8, 4) is 5.75 Å². The van der Waals surface area contributed by atoms with Crippen molar-refractivity contribution in [1.82, 2.24) is 5.32 Å². The first-order valence-corrected chi connectivity index (χ1v) is 6.55. The fraction of sp³-hybridized carbons (Fsp3) is 0.250. The molecule has 0 unspecified atom stereocenters. The standard InChI is InChI=1S/C16H17F2NO/c1-2-19-10-12-4-3-5-16(8-12)20-11-13-6-14(17)9-15(18)7-13/h3-9,19H,2,10-11H2,1H3. The van der Waals surface area contributed by atoms with Gasteiger partial charge in [-0.3, -0.25) is 0 Å². The molecule has 0 aliphatic heterocycles. The lowest BCUT2D eigenvalue weighted by molar-refractivity contribution is 0.304. The summed E-state index contributed by atoms with van der Waals surface area (Å²) in [6.07, 6.45) is 0. The van der Waals surface area contributed by atoms with Crippen LogP contribution in [0, 0.1) is 11.6 Å². The molecule has 106 valence electrons. The summed E-state index contributed by atoms with van der Waals surface area (Å²) in [5.74, 6) is -0.501. The van der Waals surface area contributed by atoms with Gasteiger partial charge in [-0.1, -0.05) is 19.1 Å². The zero-order chi connectivity index (χ0) is 14.4. The maximum atomic E-state index is 13.1. The van der Waals surface area contributed by atoms with Crippen molar-refractivity contribution < 1.29 is 13.5 Å². The van der Waals surface area contributed by atoms with Gasteiger partial charge >= 0.3 is 0 Å². The van der Waals surface area contributed by atoms with Gasteiger partial charge in [0.25, 0.3) is 0 Å². The molecule has 2 rings (SSSR count). The zero-order valence-corrected chi connectivity index (χ0v) is 11.3. The lowest BCUT2D eigenvalue weighted by Gasteiger charge is -2.09. The van der Waals surface area contributed by atoms with Crippen LogP contribution in [0.3, 0.4) is 0 Å². The van der Waals surface area contributed by atoms with Gasteiger partial charge in [0.05, 0.1) is 0 Å². The van der Waals surface area contributed by atoms with Crippen molar-refractivity contribution in [2.45, 2.75) is 20.1 Å². The Labute approximate surface area is 117 Å². The van der Waals surface area contributed by atoms with Crippen LogP contribution in [0.1, 0.15) is 18.1 Å². The van der Waals surface area contributed by atoms with Gasteiger partial charge in [0.2, 0.25) is 0 Å². The highest BCUT2D eigenvalue weighted by atomic mass is 19.1. The van der Waals surface area contributed by atoms with E-state index < -0.39 is 11.6 Å². The van der Waals surface area contributed by atoms with Crippen LogP contribution >= 0.6 is 0 Å². The van der Waals surface area contributed by atoms with Crippen molar-refractivity contribution in [3.63, 3.8) is 0 Å². The number of nitrogens with one attached hydrogen (secondary N) is 1. The molecule has 0 bridgehead atoms. The van der Waals surface area contributed by atoms with Crippen LogP contribution in [0.15, 0.2) is 42.5 Å². The van der Waals surface area contributed by atoms with Gasteiger partial charge < -0.3 is 10.1 Å².